The molecule has 3 N–H and O–H groups in total. The molecule has 7 fully saturated rings. The van der Waals surface area contributed by atoms with Gasteiger partial charge in [0, 0.05) is 69.3 Å². The Bertz CT molecular complexity index is 3040. The molecule has 12 amide bonds. The van der Waals surface area contributed by atoms with E-state index in [4.69, 9.17) is 0 Å². The van der Waals surface area contributed by atoms with Crippen LogP contribution in [0.2, 0.25) is 0 Å². The molecule has 0 bridgehead atoms. The standard InChI is InChI=1S/C71H111F7N12O12/c1-14-41(4)57-66(100)84(9)42(5)61(95)89-31-28-49(89)65(99)86(11)51(35-43-22-16-15-17-23-43)64(98)83(8)38-54(91)79-48(27-26-44-33-46(72)56(47(73)34-44)71(76,77)78)62(96)90-39-70(74,75)37-53(90)60(94)81-69(29-20-21-30-69)68(102)88(13)58(45-24-18-19-25-45)67(101)87(12)52(63(97)82(6)7)36-55(92)85(10)50(32-40(2)3)59(93)80-57/h40-53,56-58H,14-39H2,1-13H3,(H,79,91)(H,80,93)(H,81,94)/t41-,42-,44?,46?,47?,48-,49-,50-,51-,52-,53-,56?,57-,58-/m0/s1. The van der Waals surface area contributed by atoms with Crippen LogP contribution in [0.5, 0.6) is 0 Å². The van der Waals surface area contributed by atoms with Gasteiger partial charge in [-0.15, -0.1) is 0 Å². The van der Waals surface area contributed by atoms with Gasteiger partial charge in [-0.05, 0) is 107 Å². The highest BCUT2D eigenvalue weighted by molar-refractivity contribution is 6.01. The van der Waals surface area contributed by atoms with Crippen LogP contribution in [0.1, 0.15) is 182 Å². The number of rotatable bonds is 11. The lowest BCUT2D eigenvalue weighted by molar-refractivity contribution is -0.219. The number of carbonyl (C=O) groups is 12. The first-order valence-electron chi connectivity index (χ1n) is 36.7. The number of fused-ring (bicyclic) bond motifs is 2. The minimum atomic E-state index is -5.23. The zero-order chi connectivity index (χ0) is 75.9. The van der Waals surface area contributed by atoms with Crippen LogP contribution < -0.4 is 16.0 Å². The molecule has 0 aromatic heterocycles. The van der Waals surface area contributed by atoms with E-state index in [1.165, 1.54) is 87.8 Å². The minimum Gasteiger partial charge on any atom is -0.347 e. The second-order valence-electron chi connectivity index (χ2n) is 31.1. The fraction of sp³-hybridized carbons (Fsp3) is 0.831. The van der Waals surface area contributed by atoms with E-state index in [9.17, 15) is 51.5 Å². The molecule has 576 valence electrons. The first kappa shape index (κ1) is 82.4. The predicted molar refractivity (Wildman–Crippen MR) is 361 cm³/mol. The van der Waals surface area contributed by atoms with Crippen molar-refractivity contribution < 1.29 is 88.3 Å². The second-order valence-corrected chi connectivity index (χ2v) is 31.1. The smallest absolute Gasteiger partial charge is 0.347 e. The Morgan fingerprint density at radius 2 is 1.24 bits per heavy atom. The Hall–Kier alpha value is -6.85. The predicted octanol–water partition coefficient (Wildman–Crippen LogP) is 5.63. The number of nitrogens with zero attached hydrogens (tertiary/aromatic N) is 9. The Morgan fingerprint density at radius 3 is 1.78 bits per heavy atom. The number of alkyl halides is 7. The largest absolute Gasteiger partial charge is 0.397 e. The Morgan fingerprint density at radius 1 is 0.637 bits per heavy atom. The van der Waals surface area contributed by atoms with Gasteiger partial charge in [0.1, 0.15) is 78.2 Å². The molecule has 102 heavy (non-hydrogen) atoms. The van der Waals surface area contributed by atoms with Gasteiger partial charge in [-0.2, -0.15) is 13.2 Å². The van der Waals surface area contributed by atoms with Crippen molar-refractivity contribution in [3.05, 3.63) is 0 Å². The fourth-order valence-corrected chi connectivity index (χ4v) is 16.6. The first-order chi connectivity index (χ1) is 47.7. The van der Waals surface area contributed by atoms with Gasteiger partial charge in [-0.25, -0.2) is 17.6 Å². The summed E-state index contributed by atoms with van der Waals surface area (Å²) in [6, 6.07) is -12.9. The van der Waals surface area contributed by atoms with Crippen LogP contribution in [-0.4, -0.2) is 275 Å². The van der Waals surface area contributed by atoms with E-state index in [0.29, 0.717) is 62.7 Å². The van der Waals surface area contributed by atoms with Crippen LogP contribution in [0.4, 0.5) is 30.7 Å². The van der Waals surface area contributed by atoms with Gasteiger partial charge in [-0.1, -0.05) is 91.9 Å². The van der Waals surface area contributed by atoms with E-state index < -0.39 is 231 Å². The van der Waals surface area contributed by atoms with Crippen LogP contribution in [0.15, 0.2) is 0 Å². The molecular formula is C71H111F7N12O12. The molecule has 31 heteroatoms. The third-order valence-corrected chi connectivity index (χ3v) is 23.2. The van der Waals surface area contributed by atoms with Gasteiger partial charge >= 0.3 is 6.18 Å². The number of hydrogen-bond acceptors (Lipinski definition) is 12. The molecule has 3 heterocycles. The summed E-state index contributed by atoms with van der Waals surface area (Å²) in [5.74, 6) is -19.3. The quantitative estimate of drug-likeness (QED) is 0.213. The summed E-state index contributed by atoms with van der Waals surface area (Å²) in [5.41, 5.74) is -1.88. The van der Waals surface area contributed by atoms with Crippen molar-refractivity contribution in [3.8, 4) is 0 Å². The van der Waals surface area contributed by atoms with Gasteiger partial charge in [0.05, 0.1) is 19.5 Å². The Kier molecular flexibility index (Phi) is 27.8. The Balaban J connectivity index is 1.30. The van der Waals surface area contributed by atoms with Crippen LogP contribution in [0, 0.1) is 35.5 Å². The second kappa shape index (κ2) is 34.4. The fourth-order valence-electron chi connectivity index (χ4n) is 16.6. The first-order valence-corrected chi connectivity index (χ1v) is 36.7. The molecule has 12 atom stereocenters. The van der Waals surface area contributed by atoms with Crippen molar-refractivity contribution in [3.63, 3.8) is 0 Å². The number of nitrogens with one attached hydrogen (secondary N) is 3. The summed E-state index contributed by atoms with van der Waals surface area (Å²) in [6.07, 6.45) is -7.85. The molecule has 7 rings (SSSR count). The number of halogens is 7. The summed E-state index contributed by atoms with van der Waals surface area (Å²) in [5, 5.41) is 8.08. The summed E-state index contributed by atoms with van der Waals surface area (Å²) in [6.45, 7) is 6.48. The van der Waals surface area contributed by atoms with Gasteiger partial charge in [0.2, 0.25) is 70.9 Å². The van der Waals surface area contributed by atoms with Crippen LogP contribution in [0.3, 0.4) is 0 Å². The van der Waals surface area contributed by atoms with Crippen molar-refractivity contribution in [1.29, 1.82) is 0 Å². The topological polar surface area (TPSA) is 270 Å². The van der Waals surface area contributed by atoms with E-state index in [1.54, 1.807) is 13.8 Å². The van der Waals surface area contributed by atoms with Crippen LogP contribution in [-0.2, 0) is 57.5 Å². The van der Waals surface area contributed by atoms with E-state index in [2.05, 4.69) is 16.0 Å². The molecule has 7 aliphatic rings. The number of likely N-dealkylation sites (N-methyl/N-ethyl adjacent to an activating group) is 7. The number of amides is 12. The normalized spacial score (nSPS) is 31.9. The minimum absolute atomic E-state index is 0.0625. The third kappa shape index (κ3) is 19.0. The van der Waals surface area contributed by atoms with Gasteiger partial charge in [0.15, 0.2) is 0 Å². The lowest BCUT2D eigenvalue weighted by Crippen LogP contribution is -2.65. The van der Waals surface area contributed by atoms with Crippen molar-refractivity contribution >= 4 is 70.9 Å². The molecule has 2 unspecified atom stereocenters. The zero-order valence-electron chi connectivity index (χ0n) is 61.8. The molecule has 3 saturated heterocycles. The zero-order valence-corrected chi connectivity index (χ0v) is 61.8. The van der Waals surface area contributed by atoms with E-state index in [-0.39, 0.29) is 50.5 Å². The third-order valence-electron chi connectivity index (χ3n) is 23.2. The van der Waals surface area contributed by atoms with Crippen molar-refractivity contribution in [1.82, 2.24) is 60.0 Å². The summed E-state index contributed by atoms with van der Waals surface area (Å²) in [7, 11) is 10.9. The average Bonchev–Trinajstić information content (AvgIpc) is 1.43. The maximum atomic E-state index is 16.1. The lowest BCUT2D eigenvalue weighted by atomic mass is 9.76. The molecule has 3 aliphatic heterocycles. The summed E-state index contributed by atoms with van der Waals surface area (Å²) < 4.78 is 105. The average molecular weight is 1460 g/mol. The summed E-state index contributed by atoms with van der Waals surface area (Å²) >= 11 is 0. The van der Waals surface area contributed by atoms with Crippen molar-refractivity contribution in [2.24, 2.45) is 35.5 Å². The maximum absolute atomic E-state index is 16.1. The molecular weight excluding hydrogens is 1350 g/mol. The Labute approximate surface area is 595 Å². The molecule has 0 aromatic rings. The van der Waals surface area contributed by atoms with Gasteiger partial charge in [0.25, 0.3) is 5.92 Å². The molecule has 0 radical (unpaired) electrons. The maximum Gasteiger partial charge on any atom is 0.397 e. The van der Waals surface area contributed by atoms with Gasteiger partial charge in [-0.3, -0.25) is 57.5 Å². The van der Waals surface area contributed by atoms with E-state index in [0.717, 1.165) is 34.0 Å². The van der Waals surface area contributed by atoms with E-state index >= 15 is 36.7 Å². The SMILES string of the molecule is CC[C@H](C)[C@@H]1NC(=O)[C@H](CC(C)C)N(C)C(=O)C[C@@H](C(=O)N(C)C)N(C)C(=O)[C@H](C2CCCC2)N(C)C(=O)C2(CCCC2)NC(=O)[C@@H]2CC(F)(F)CN2C(=O)[C@H](CCC2CC(F)C(C(F)(F)F)C(F)C2)NC(=O)CN(C)C(=O)[C@H](CC2CCCCC2)N(C)C(=O)[C@@H]2CCN2C(=O)[C@H](C)N(C)C1=O. The monoisotopic (exact) mass is 1460 g/mol. The highest BCUT2D eigenvalue weighted by Gasteiger charge is 2.57. The molecule has 24 nitrogen and oxygen atoms in total. The molecule has 4 aliphatic carbocycles. The van der Waals surface area contributed by atoms with Gasteiger partial charge < -0.3 is 60.0 Å². The number of carbonyl (C=O) groups excluding carboxylic acids is 12. The molecule has 4 saturated carbocycles. The lowest BCUT2D eigenvalue weighted by Gasteiger charge is -2.45. The van der Waals surface area contributed by atoms with Crippen LogP contribution >= 0.6 is 0 Å². The molecule has 1 spiro atoms. The van der Waals surface area contributed by atoms with Crippen molar-refractivity contribution in [2.75, 3.05) is 76.0 Å². The number of hydrogen-bond donors (Lipinski definition) is 3. The van der Waals surface area contributed by atoms with Crippen LogP contribution in [0.25, 0.3) is 0 Å². The van der Waals surface area contributed by atoms with Crippen molar-refractivity contribution in [2.45, 2.75) is 267 Å². The summed E-state index contributed by atoms with van der Waals surface area (Å²) in [4.78, 5) is 189. The van der Waals surface area contributed by atoms with E-state index in [1.807, 2.05) is 13.8 Å². The highest BCUT2D eigenvalue weighted by Crippen LogP contribution is 2.45. The molecule has 0 aromatic carbocycles. The highest BCUT2D eigenvalue weighted by atomic mass is 19.4.